The molecule has 1 aromatic carbocycles. The van der Waals surface area contributed by atoms with Crippen LogP contribution in [0.4, 0.5) is 0 Å². The van der Waals surface area contributed by atoms with Crippen molar-refractivity contribution in [2.75, 3.05) is 0 Å². The molecule has 1 aromatic rings. The molecule has 0 radical (unpaired) electrons. The predicted molar refractivity (Wildman–Crippen MR) is 79.7 cm³/mol. The number of carbonyl (C=O) groups excluding carboxylic acids is 2. The van der Waals surface area contributed by atoms with Crippen molar-refractivity contribution in [3.05, 3.63) is 46.7 Å². The van der Waals surface area contributed by atoms with Gasteiger partial charge in [-0.15, -0.1) is 0 Å². The molecule has 110 valence electrons. The van der Waals surface area contributed by atoms with Gasteiger partial charge in [0.25, 0.3) is 0 Å². The summed E-state index contributed by atoms with van der Waals surface area (Å²) in [6, 6.07) is 8.04. The van der Waals surface area contributed by atoms with Gasteiger partial charge in [0, 0.05) is 24.3 Å². The van der Waals surface area contributed by atoms with Gasteiger partial charge in [0.05, 0.1) is 6.42 Å². The van der Waals surface area contributed by atoms with Gasteiger partial charge in [0.15, 0.2) is 5.78 Å². The van der Waals surface area contributed by atoms with Crippen molar-refractivity contribution in [1.82, 2.24) is 0 Å². The number of rotatable bonds is 1. The highest BCUT2D eigenvalue weighted by Crippen LogP contribution is 2.45. The van der Waals surface area contributed by atoms with Gasteiger partial charge in [-0.05, 0) is 17.9 Å². The smallest absolute Gasteiger partial charge is 0.311 e. The second-order valence-corrected chi connectivity index (χ2v) is 6.92. The second kappa shape index (κ2) is 4.83. The zero-order valence-corrected chi connectivity index (χ0v) is 12.7. The van der Waals surface area contributed by atoms with Crippen molar-refractivity contribution in [3.8, 4) is 0 Å². The highest BCUT2D eigenvalue weighted by Gasteiger charge is 2.41. The summed E-state index contributed by atoms with van der Waals surface area (Å²) in [6.07, 6.45) is 1.43. The van der Waals surface area contributed by atoms with E-state index in [4.69, 9.17) is 4.74 Å². The molecule has 0 aromatic heterocycles. The van der Waals surface area contributed by atoms with Gasteiger partial charge in [-0.3, -0.25) is 9.59 Å². The Balaban J connectivity index is 2.08. The van der Waals surface area contributed by atoms with E-state index in [-0.39, 0.29) is 29.5 Å². The maximum atomic E-state index is 12.6. The Bertz CT molecular complexity index is 652. The van der Waals surface area contributed by atoms with Crippen LogP contribution in [0.15, 0.2) is 35.6 Å². The molecule has 3 rings (SSSR count). The SMILES string of the molecule is Cc1cccc(C2CC(=O)OC3=C2C(=O)CC(C)(C)C3)c1. The normalized spacial score (nSPS) is 24.6. The van der Waals surface area contributed by atoms with E-state index >= 15 is 0 Å². The predicted octanol–water partition coefficient (Wildman–Crippen LogP) is 3.67. The molecular formula is C18H20O3. The van der Waals surface area contributed by atoms with Crippen LogP contribution in [0.5, 0.6) is 0 Å². The van der Waals surface area contributed by atoms with Crippen LogP contribution in [-0.4, -0.2) is 11.8 Å². The number of Topliss-reactive ketones (excluding diaryl/α,β-unsaturated/α-hetero) is 1. The van der Waals surface area contributed by atoms with Crippen LogP contribution in [-0.2, 0) is 14.3 Å². The lowest BCUT2D eigenvalue weighted by Crippen LogP contribution is -2.33. The Morgan fingerprint density at radius 1 is 1.19 bits per heavy atom. The first-order valence-electron chi connectivity index (χ1n) is 7.39. The number of hydrogen-bond acceptors (Lipinski definition) is 3. The minimum atomic E-state index is -0.231. The van der Waals surface area contributed by atoms with Crippen LogP contribution in [0.2, 0.25) is 0 Å². The van der Waals surface area contributed by atoms with E-state index in [2.05, 4.69) is 6.07 Å². The van der Waals surface area contributed by atoms with E-state index in [0.717, 1.165) is 16.7 Å². The monoisotopic (exact) mass is 284 g/mol. The molecule has 0 saturated carbocycles. The molecule has 21 heavy (non-hydrogen) atoms. The quantitative estimate of drug-likeness (QED) is 0.739. The molecule has 1 heterocycles. The summed E-state index contributed by atoms with van der Waals surface area (Å²) < 4.78 is 5.40. The number of carbonyl (C=O) groups is 2. The largest absolute Gasteiger partial charge is 0.431 e. The standard InChI is InChI=1S/C18H20O3/c1-11-5-4-6-12(7-11)13-8-16(20)21-15-10-18(2,3)9-14(19)17(13)15/h4-7,13H,8-10H2,1-3H3. The second-order valence-electron chi connectivity index (χ2n) is 6.92. The lowest BCUT2D eigenvalue weighted by molar-refractivity contribution is -0.142. The zero-order chi connectivity index (χ0) is 15.2. The fraction of sp³-hybridized carbons (Fsp3) is 0.444. The van der Waals surface area contributed by atoms with Crippen molar-refractivity contribution < 1.29 is 14.3 Å². The Hall–Kier alpha value is -1.90. The molecule has 0 saturated heterocycles. The van der Waals surface area contributed by atoms with Gasteiger partial charge < -0.3 is 4.74 Å². The van der Waals surface area contributed by atoms with Gasteiger partial charge in [-0.25, -0.2) is 0 Å². The molecule has 0 spiro atoms. The molecule has 0 amide bonds. The number of allylic oxidation sites excluding steroid dienone is 2. The van der Waals surface area contributed by atoms with E-state index < -0.39 is 0 Å². The Labute approximate surface area is 125 Å². The molecule has 0 fully saturated rings. The Morgan fingerprint density at radius 2 is 1.95 bits per heavy atom. The van der Waals surface area contributed by atoms with Crippen molar-refractivity contribution in [2.24, 2.45) is 5.41 Å². The van der Waals surface area contributed by atoms with Crippen LogP contribution >= 0.6 is 0 Å². The number of aryl methyl sites for hydroxylation is 1. The third kappa shape index (κ3) is 2.65. The molecule has 3 heteroatoms. The summed E-state index contributed by atoms with van der Waals surface area (Å²) in [4.78, 5) is 24.5. The van der Waals surface area contributed by atoms with Gasteiger partial charge in [-0.1, -0.05) is 43.7 Å². The summed E-state index contributed by atoms with van der Waals surface area (Å²) >= 11 is 0. The molecule has 1 atom stereocenters. The van der Waals surface area contributed by atoms with Crippen molar-refractivity contribution in [2.45, 2.75) is 46.0 Å². The first kappa shape index (κ1) is 14.1. The van der Waals surface area contributed by atoms with Gasteiger partial charge >= 0.3 is 5.97 Å². The number of esters is 1. The topological polar surface area (TPSA) is 43.4 Å². The Morgan fingerprint density at radius 3 is 2.67 bits per heavy atom. The molecule has 3 nitrogen and oxygen atoms in total. The molecule has 1 unspecified atom stereocenters. The van der Waals surface area contributed by atoms with Crippen LogP contribution in [0, 0.1) is 12.3 Å². The zero-order valence-electron chi connectivity index (χ0n) is 12.7. The Kier molecular flexibility index (Phi) is 3.23. The number of ether oxygens (including phenoxy) is 1. The molecule has 0 N–H and O–H groups in total. The van der Waals surface area contributed by atoms with Gasteiger partial charge in [0.1, 0.15) is 5.76 Å². The number of benzene rings is 1. The summed E-state index contributed by atoms with van der Waals surface area (Å²) in [5.41, 5.74) is 2.76. The van der Waals surface area contributed by atoms with Crippen molar-refractivity contribution in [3.63, 3.8) is 0 Å². The first-order chi connectivity index (χ1) is 9.85. The third-order valence-electron chi connectivity index (χ3n) is 4.28. The fourth-order valence-electron chi connectivity index (χ4n) is 3.38. The third-order valence-corrected chi connectivity index (χ3v) is 4.28. The van der Waals surface area contributed by atoms with Crippen LogP contribution in [0.3, 0.4) is 0 Å². The minimum Gasteiger partial charge on any atom is -0.431 e. The lowest BCUT2D eigenvalue weighted by Gasteiger charge is -2.36. The minimum absolute atomic E-state index is 0.125. The molecule has 2 aliphatic rings. The highest BCUT2D eigenvalue weighted by molar-refractivity contribution is 6.00. The maximum absolute atomic E-state index is 12.6. The average molecular weight is 284 g/mol. The van der Waals surface area contributed by atoms with Crippen LogP contribution < -0.4 is 0 Å². The summed E-state index contributed by atoms with van der Waals surface area (Å²) in [7, 11) is 0. The number of hydrogen-bond donors (Lipinski definition) is 0. The van der Waals surface area contributed by atoms with E-state index in [1.165, 1.54) is 0 Å². The number of ketones is 1. The van der Waals surface area contributed by atoms with Gasteiger partial charge in [0.2, 0.25) is 0 Å². The molecule has 1 aliphatic heterocycles. The summed E-state index contributed by atoms with van der Waals surface area (Å²) in [5.74, 6) is 0.342. The molecule has 1 aliphatic carbocycles. The molecular weight excluding hydrogens is 264 g/mol. The molecule has 0 bridgehead atoms. The van der Waals surface area contributed by atoms with E-state index in [1.54, 1.807) is 0 Å². The van der Waals surface area contributed by atoms with Crippen LogP contribution in [0.25, 0.3) is 0 Å². The van der Waals surface area contributed by atoms with E-state index in [0.29, 0.717) is 18.6 Å². The highest BCUT2D eigenvalue weighted by atomic mass is 16.5. The van der Waals surface area contributed by atoms with Crippen LogP contribution in [0.1, 0.15) is 50.2 Å². The van der Waals surface area contributed by atoms with E-state index in [9.17, 15) is 9.59 Å². The summed E-state index contributed by atoms with van der Waals surface area (Å²) in [5, 5.41) is 0. The van der Waals surface area contributed by atoms with Crippen molar-refractivity contribution >= 4 is 11.8 Å². The van der Waals surface area contributed by atoms with Crippen molar-refractivity contribution in [1.29, 1.82) is 0 Å². The average Bonchev–Trinajstić information content (AvgIpc) is 2.35. The lowest BCUT2D eigenvalue weighted by atomic mass is 9.71. The first-order valence-corrected chi connectivity index (χ1v) is 7.39. The fourth-order valence-corrected chi connectivity index (χ4v) is 3.38. The van der Waals surface area contributed by atoms with Gasteiger partial charge in [-0.2, -0.15) is 0 Å². The van der Waals surface area contributed by atoms with E-state index in [1.807, 2.05) is 39.0 Å². The summed E-state index contributed by atoms with van der Waals surface area (Å²) in [6.45, 7) is 6.10. The maximum Gasteiger partial charge on any atom is 0.311 e.